The Labute approximate surface area is 124 Å². The van der Waals surface area contributed by atoms with E-state index in [2.05, 4.69) is 12.2 Å². The van der Waals surface area contributed by atoms with Crippen molar-refractivity contribution in [1.82, 2.24) is 5.32 Å². The molecule has 2 atom stereocenters. The Hall–Kier alpha value is -0.970. The number of hydrogen-bond acceptors (Lipinski definition) is 4. The van der Waals surface area contributed by atoms with Gasteiger partial charge in [-0.3, -0.25) is 0 Å². The molecule has 20 heavy (non-hydrogen) atoms. The fraction of sp³-hybridized carbons (Fsp3) is 0.600. The molecular formula is C15H20ClNO3. The van der Waals surface area contributed by atoms with Gasteiger partial charge in [0.05, 0.1) is 11.6 Å². The Kier molecular flexibility index (Phi) is 3.80. The molecule has 2 heterocycles. The Balaban J connectivity index is 1.99. The maximum Gasteiger partial charge on any atom is 0.162 e. The molecular weight excluding hydrogens is 278 g/mol. The van der Waals surface area contributed by atoms with E-state index in [9.17, 15) is 0 Å². The van der Waals surface area contributed by atoms with Crippen molar-refractivity contribution in [3.8, 4) is 11.5 Å². The zero-order chi connectivity index (χ0) is 14.2. The van der Waals surface area contributed by atoms with E-state index in [1.807, 2.05) is 19.2 Å². The minimum absolute atomic E-state index is 0.0355. The first-order valence-electron chi connectivity index (χ1n) is 7.04. The number of likely N-dealkylation sites (N-methyl/N-ethyl adjacent to an activating group) is 1. The fourth-order valence-corrected chi connectivity index (χ4v) is 3.38. The van der Waals surface area contributed by atoms with E-state index in [0.29, 0.717) is 18.2 Å². The molecule has 0 saturated carbocycles. The van der Waals surface area contributed by atoms with Crippen LogP contribution in [0.5, 0.6) is 11.5 Å². The third-order valence-corrected chi connectivity index (χ3v) is 4.45. The summed E-state index contributed by atoms with van der Waals surface area (Å²) in [6.07, 6.45) is 2.10. The molecule has 0 aromatic heterocycles. The van der Waals surface area contributed by atoms with Crippen LogP contribution in [0.2, 0.25) is 5.02 Å². The van der Waals surface area contributed by atoms with Crippen molar-refractivity contribution in [2.75, 3.05) is 26.9 Å². The predicted molar refractivity (Wildman–Crippen MR) is 77.8 cm³/mol. The van der Waals surface area contributed by atoms with Crippen LogP contribution in [-0.2, 0) is 4.74 Å². The molecule has 1 fully saturated rings. The van der Waals surface area contributed by atoms with E-state index in [0.717, 1.165) is 36.5 Å². The van der Waals surface area contributed by atoms with Gasteiger partial charge in [-0.15, -0.1) is 0 Å². The summed E-state index contributed by atoms with van der Waals surface area (Å²) in [6, 6.07) is 3.85. The zero-order valence-corrected chi connectivity index (χ0v) is 12.6. The quantitative estimate of drug-likeness (QED) is 0.931. The van der Waals surface area contributed by atoms with Crippen LogP contribution < -0.4 is 14.8 Å². The van der Waals surface area contributed by atoms with Crippen molar-refractivity contribution < 1.29 is 14.2 Å². The van der Waals surface area contributed by atoms with Crippen LogP contribution in [0.15, 0.2) is 12.1 Å². The normalized spacial score (nSPS) is 26.6. The van der Waals surface area contributed by atoms with Crippen LogP contribution in [0.25, 0.3) is 0 Å². The van der Waals surface area contributed by atoms with Gasteiger partial charge >= 0.3 is 0 Å². The smallest absolute Gasteiger partial charge is 0.162 e. The van der Waals surface area contributed by atoms with Crippen LogP contribution in [0.1, 0.15) is 31.4 Å². The van der Waals surface area contributed by atoms with Gasteiger partial charge in [0.2, 0.25) is 0 Å². The summed E-state index contributed by atoms with van der Waals surface area (Å²) < 4.78 is 17.2. The van der Waals surface area contributed by atoms with Gasteiger partial charge in [0, 0.05) is 17.7 Å². The number of halogens is 1. The lowest BCUT2D eigenvalue weighted by Gasteiger charge is -2.34. The molecule has 0 amide bonds. The molecule has 0 spiro atoms. The molecule has 4 nitrogen and oxygen atoms in total. The largest absolute Gasteiger partial charge is 0.486 e. The second-order valence-electron chi connectivity index (χ2n) is 5.50. The first-order valence-corrected chi connectivity index (χ1v) is 7.42. The average molecular weight is 298 g/mol. The van der Waals surface area contributed by atoms with Crippen LogP contribution in [0.4, 0.5) is 0 Å². The number of nitrogens with one attached hydrogen (secondary N) is 1. The highest BCUT2D eigenvalue weighted by Crippen LogP contribution is 2.43. The van der Waals surface area contributed by atoms with E-state index >= 15 is 0 Å². The molecule has 0 bridgehead atoms. The van der Waals surface area contributed by atoms with Crippen LogP contribution >= 0.6 is 11.6 Å². The highest BCUT2D eigenvalue weighted by molar-refractivity contribution is 6.31. The Morgan fingerprint density at radius 1 is 1.20 bits per heavy atom. The van der Waals surface area contributed by atoms with Gasteiger partial charge in [-0.1, -0.05) is 11.6 Å². The lowest BCUT2D eigenvalue weighted by atomic mass is 9.87. The van der Waals surface area contributed by atoms with Crippen LogP contribution in [-0.4, -0.2) is 32.5 Å². The maximum absolute atomic E-state index is 6.44. The fourth-order valence-electron chi connectivity index (χ4n) is 3.12. The molecule has 2 aliphatic heterocycles. The summed E-state index contributed by atoms with van der Waals surface area (Å²) in [4.78, 5) is 0. The van der Waals surface area contributed by atoms with Crippen molar-refractivity contribution in [1.29, 1.82) is 0 Å². The van der Waals surface area contributed by atoms with Gasteiger partial charge in [0.25, 0.3) is 0 Å². The molecule has 2 unspecified atom stereocenters. The number of fused-ring (bicyclic) bond motifs is 1. The summed E-state index contributed by atoms with van der Waals surface area (Å²) in [6.45, 7) is 4.08. The van der Waals surface area contributed by atoms with E-state index in [-0.39, 0.29) is 11.6 Å². The second kappa shape index (κ2) is 5.43. The SMILES string of the molecule is CNC(c1cc2c(cc1Cl)OCCO2)C1(C)CCCO1. The third kappa shape index (κ3) is 2.36. The first-order chi connectivity index (χ1) is 9.64. The molecule has 5 heteroatoms. The Morgan fingerprint density at radius 2 is 1.90 bits per heavy atom. The number of rotatable bonds is 3. The molecule has 110 valence electrons. The molecule has 0 radical (unpaired) electrons. The summed E-state index contributed by atoms with van der Waals surface area (Å²) >= 11 is 6.44. The Morgan fingerprint density at radius 3 is 2.50 bits per heavy atom. The highest BCUT2D eigenvalue weighted by Gasteiger charge is 2.40. The standard InChI is InChI=1S/C15H20ClNO3/c1-15(4-3-5-20-15)14(17-2)10-8-12-13(9-11(10)16)19-7-6-18-12/h8-9,14,17H,3-7H2,1-2H3. The van der Waals surface area contributed by atoms with Crippen LogP contribution in [0, 0.1) is 0 Å². The van der Waals surface area contributed by atoms with Gasteiger partial charge in [-0.2, -0.15) is 0 Å². The van der Waals surface area contributed by atoms with Gasteiger partial charge in [0.1, 0.15) is 13.2 Å². The molecule has 1 aromatic rings. The maximum atomic E-state index is 6.44. The molecule has 1 aromatic carbocycles. The summed E-state index contributed by atoms with van der Waals surface area (Å²) in [5.41, 5.74) is 0.769. The van der Waals surface area contributed by atoms with E-state index < -0.39 is 0 Å². The lowest BCUT2D eigenvalue weighted by Crippen LogP contribution is -2.39. The van der Waals surface area contributed by atoms with Crippen molar-refractivity contribution in [2.45, 2.75) is 31.4 Å². The van der Waals surface area contributed by atoms with Crippen molar-refractivity contribution in [3.63, 3.8) is 0 Å². The topological polar surface area (TPSA) is 39.7 Å². The van der Waals surface area contributed by atoms with Crippen molar-refractivity contribution in [3.05, 3.63) is 22.7 Å². The van der Waals surface area contributed by atoms with E-state index in [1.165, 1.54) is 0 Å². The van der Waals surface area contributed by atoms with Gasteiger partial charge in [-0.05, 0) is 38.4 Å². The second-order valence-corrected chi connectivity index (χ2v) is 5.91. The zero-order valence-electron chi connectivity index (χ0n) is 11.9. The molecule has 1 N–H and O–H groups in total. The number of benzene rings is 1. The predicted octanol–water partition coefficient (Wildman–Crippen LogP) is 2.94. The molecule has 0 aliphatic carbocycles. The summed E-state index contributed by atoms with van der Waals surface area (Å²) in [5.74, 6) is 1.48. The van der Waals surface area contributed by atoms with Crippen molar-refractivity contribution >= 4 is 11.6 Å². The molecule has 2 aliphatic rings. The number of hydrogen-bond donors (Lipinski definition) is 1. The molecule has 3 rings (SSSR count). The van der Waals surface area contributed by atoms with Crippen molar-refractivity contribution in [2.24, 2.45) is 0 Å². The summed E-state index contributed by atoms with van der Waals surface area (Å²) in [5, 5.41) is 4.03. The molecule has 1 saturated heterocycles. The third-order valence-electron chi connectivity index (χ3n) is 4.12. The minimum Gasteiger partial charge on any atom is -0.486 e. The highest BCUT2D eigenvalue weighted by atomic mass is 35.5. The monoisotopic (exact) mass is 297 g/mol. The average Bonchev–Trinajstić information content (AvgIpc) is 2.88. The summed E-state index contributed by atoms with van der Waals surface area (Å²) in [7, 11) is 1.94. The van der Waals surface area contributed by atoms with E-state index in [1.54, 1.807) is 0 Å². The van der Waals surface area contributed by atoms with E-state index in [4.69, 9.17) is 25.8 Å². The van der Waals surface area contributed by atoms with Gasteiger partial charge < -0.3 is 19.5 Å². The van der Waals surface area contributed by atoms with Crippen LogP contribution in [0.3, 0.4) is 0 Å². The lowest BCUT2D eigenvalue weighted by molar-refractivity contribution is -0.0105. The minimum atomic E-state index is -0.234. The van der Waals surface area contributed by atoms with Gasteiger partial charge in [-0.25, -0.2) is 0 Å². The van der Waals surface area contributed by atoms with Gasteiger partial charge in [0.15, 0.2) is 11.5 Å². The Bertz CT molecular complexity index is 500. The number of ether oxygens (including phenoxy) is 3. The first kappa shape index (κ1) is 14.0.